The fourth-order valence-corrected chi connectivity index (χ4v) is 1.65. The Hall–Kier alpha value is -0.760. The van der Waals surface area contributed by atoms with Gasteiger partial charge in [-0.1, -0.05) is 25.4 Å². The van der Waals surface area contributed by atoms with E-state index < -0.39 is 0 Å². The lowest BCUT2D eigenvalue weighted by Crippen LogP contribution is -2.00. The topological polar surface area (TPSA) is 22.1 Å². The summed E-state index contributed by atoms with van der Waals surface area (Å²) in [6.07, 6.45) is 6.17. The largest absolute Gasteiger partial charge is 0.487 e. The van der Waals surface area contributed by atoms with Crippen LogP contribution in [0.3, 0.4) is 0 Å². The maximum Gasteiger partial charge on any atom is 0.156 e. The Labute approximate surface area is 89.3 Å². The minimum Gasteiger partial charge on any atom is -0.487 e. The van der Waals surface area contributed by atoms with Gasteiger partial charge in [0, 0.05) is 6.20 Å². The van der Waals surface area contributed by atoms with Crippen LogP contribution in [-0.4, -0.2) is 11.1 Å². The maximum absolute atomic E-state index is 6.21. The van der Waals surface area contributed by atoms with Crippen LogP contribution in [0.15, 0.2) is 12.4 Å². The van der Waals surface area contributed by atoms with Crippen molar-refractivity contribution in [2.45, 2.75) is 38.7 Å². The SMILES string of the molecule is CC(C)c1cncc(OC2CC2)c1Cl. The molecule has 2 rings (SSSR count). The fourth-order valence-electron chi connectivity index (χ4n) is 1.29. The van der Waals surface area contributed by atoms with Crippen LogP contribution in [0.1, 0.15) is 38.2 Å². The van der Waals surface area contributed by atoms with Gasteiger partial charge in [-0.25, -0.2) is 0 Å². The molecule has 0 aliphatic heterocycles. The molecule has 3 heteroatoms. The molecule has 0 atom stereocenters. The number of pyridine rings is 1. The molecule has 0 saturated heterocycles. The lowest BCUT2D eigenvalue weighted by atomic mass is 10.1. The quantitative estimate of drug-likeness (QED) is 0.765. The summed E-state index contributed by atoms with van der Waals surface area (Å²) in [5.41, 5.74) is 1.06. The van der Waals surface area contributed by atoms with E-state index in [1.807, 2.05) is 6.20 Å². The number of aromatic nitrogens is 1. The Balaban J connectivity index is 2.25. The Morgan fingerprint density at radius 3 is 2.71 bits per heavy atom. The Kier molecular flexibility index (Phi) is 2.64. The predicted molar refractivity (Wildman–Crippen MR) is 57.0 cm³/mol. The van der Waals surface area contributed by atoms with Crippen LogP contribution in [0.4, 0.5) is 0 Å². The second-order valence-corrected chi connectivity index (χ2v) is 4.39. The first-order valence-corrected chi connectivity index (χ1v) is 5.36. The van der Waals surface area contributed by atoms with Crippen LogP contribution >= 0.6 is 11.6 Å². The van der Waals surface area contributed by atoms with Crippen molar-refractivity contribution in [2.24, 2.45) is 0 Å². The molecule has 1 aliphatic carbocycles. The summed E-state index contributed by atoms with van der Waals surface area (Å²) in [7, 11) is 0. The molecule has 1 fully saturated rings. The van der Waals surface area contributed by atoms with Gasteiger partial charge in [0.2, 0.25) is 0 Å². The number of hydrogen-bond acceptors (Lipinski definition) is 2. The van der Waals surface area contributed by atoms with Gasteiger partial charge >= 0.3 is 0 Å². The van der Waals surface area contributed by atoms with E-state index in [1.54, 1.807) is 6.20 Å². The van der Waals surface area contributed by atoms with Gasteiger partial charge < -0.3 is 4.74 Å². The van der Waals surface area contributed by atoms with Crippen molar-refractivity contribution >= 4 is 11.6 Å². The second kappa shape index (κ2) is 3.77. The molecule has 0 bridgehead atoms. The first-order chi connectivity index (χ1) is 6.68. The van der Waals surface area contributed by atoms with Gasteiger partial charge in [0.15, 0.2) is 5.75 Å². The lowest BCUT2D eigenvalue weighted by Gasteiger charge is -2.11. The average Bonchev–Trinajstić information content (AvgIpc) is 2.92. The number of halogens is 1. The monoisotopic (exact) mass is 211 g/mol. The van der Waals surface area contributed by atoms with Gasteiger partial charge in [-0.05, 0) is 24.3 Å². The molecule has 0 amide bonds. The zero-order valence-corrected chi connectivity index (χ0v) is 9.21. The normalized spacial score (nSPS) is 16.0. The van der Waals surface area contributed by atoms with Gasteiger partial charge in [-0.15, -0.1) is 0 Å². The molecule has 14 heavy (non-hydrogen) atoms. The summed E-state index contributed by atoms with van der Waals surface area (Å²) >= 11 is 6.21. The van der Waals surface area contributed by atoms with Crippen molar-refractivity contribution in [2.75, 3.05) is 0 Å². The first kappa shape index (κ1) is 9.78. The first-order valence-electron chi connectivity index (χ1n) is 4.98. The second-order valence-electron chi connectivity index (χ2n) is 4.01. The van der Waals surface area contributed by atoms with Gasteiger partial charge in [0.1, 0.15) is 0 Å². The third-order valence-electron chi connectivity index (χ3n) is 2.32. The molecule has 1 saturated carbocycles. The van der Waals surface area contributed by atoms with E-state index in [2.05, 4.69) is 18.8 Å². The average molecular weight is 212 g/mol. The van der Waals surface area contributed by atoms with E-state index in [-0.39, 0.29) is 0 Å². The van der Waals surface area contributed by atoms with Crippen molar-refractivity contribution in [1.29, 1.82) is 0 Å². The fraction of sp³-hybridized carbons (Fsp3) is 0.545. The molecule has 0 N–H and O–H groups in total. The minimum atomic E-state index is 0.372. The minimum absolute atomic E-state index is 0.372. The number of hydrogen-bond donors (Lipinski definition) is 0. The summed E-state index contributed by atoms with van der Waals surface area (Å²) in [5, 5.41) is 0.724. The predicted octanol–water partition coefficient (Wildman–Crippen LogP) is 3.40. The lowest BCUT2D eigenvalue weighted by molar-refractivity contribution is 0.301. The molecule has 0 radical (unpaired) electrons. The molecular formula is C11H14ClNO. The summed E-state index contributed by atoms with van der Waals surface area (Å²) < 4.78 is 5.65. The van der Waals surface area contributed by atoms with Crippen molar-refractivity contribution in [3.63, 3.8) is 0 Å². The summed E-state index contributed by atoms with van der Waals surface area (Å²) in [4.78, 5) is 4.14. The van der Waals surface area contributed by atoms with Gasteiger partial charge in [0.25, 0.3) is 0 Å². The van der Waals surface area contributed by atoms with Crippen LogP contribution in [0, 0.1) is 0 Å². The molecule has 1 aliphatic rings. The Morgan fingerprint density at radius 1 is 1.43 bits per heavy atom. The molecule has 1 heterocycles. The van der Waals surface area contributed by atoms with E-state index in [1.165, 1.54) is 0 Å². The standard InChI is InChI=1S/C11H14ClNO/c1-7(2)9-5-13-6-10(11(9)12)14-8-3-4-8/h5-8H,3-4H2,1-2H3. The van der Waals surface area contributed by atoms with Crippen LogP contribution < -0.4 is 4.74 Å². The molecule has 0 unspecified atom stereocenters. The number of rotatable bonds is 3. The van der Waals surface area contributed by atoms with Crippen LogP contribution in [-0.2, 0) is 0 Å². The van der Waals surface area contributed by atoms with Crippen molar-refractivity contribution in [3.05, 3.63) is 23.0 Å². The highest BCUT2D eigenvalue weighted by molar-refractivity contribution is 6.32. The van der Waals surface area contributed by atoms with Crippen LogP contribution in [0.5, 0.6) is 5.75 Å². The highest BCUT2D eigenvalue weighted by Crippen LogP contribution is 2.35. The van der Waals surface area contributed by atoms with Gasteiger partial charge in [0.05, 0.1) is 17.3 Å². The highest BCUT2D eigenvalue weighted by atomic mass is 35.5. The summed E-state index contributed by atoms with van der Waals surface area (Å²) in [6, 6.07) is 0. The van der Waals surface area contributed by atoms with E-state index >= 15 is 0 Å². The molecule has 1 aromatic rings. The molecular weight excluding hydrogens is 198 g/mol. The zero-order valence-electron chi connectivity index (χ0n) is 8.46. The molecule has 2 nitrogen and oxygen atoms in total. The molecule has 0 spiro atoms. The summed E-state index contributed by atoms with van der Waals surface area (Å²) in [6.45, 7) is 4.20. The molecule has 76 valence electrons. The van der Waals surface area contributed by atoms with Crippen LogP contribution in [0.2, 0.25) is 5.02 Å². The number of ether oxygens (including phenoxy) is 1. The zero-order chi connectivity index (χ0) is 10.1. The van der Waals surface area contributed by atoms with E-state index in [4.69, 9.17) is 16.3 Å². The van der Waals surface area contributed by atoms with E-state index in [0.717, 1.165) is 29.2 Å². The summed E-state index contributed by atoms with van der Waals surface area (Å²) in [5.74, 6) is 1.12. The Morgan fingerprint density at radius 2 is 2.14 bits per heavy atom. The Bertz CT molecular complexity index is 334. The molecule has 1 aromatic heterocycles. The van der Waals surface area contributed by atoms with Crippen LogP contribution in [0.25, 0.3) is 0 Å². The molecule has 0 aromatic carbocycles. The van der Waals surface area contributed by atoms with Gasteiger partial charge in [-0.3, -0.25) is 4.98 Å². The maximum atomic E-state index is 6.21. The third kappa shape index (κ3) is 2.01. The highest BCUT2D eigenvalue weighted by Gasteiger charge is 2.25. The van der Waals surface area contributed by atoms with Gasteiger partial charge in [-0.2, -0.15) is 0 Å². The number of nitrogens with zero attached hydrogens (tertiary/aromatic N) is 1. The van der Waals surface area contributed by atoms with E-state index in [9.17, 15) is 0 Å². The smallest absolute Gasteiger partial charge is 0.156 e. The van der Waals surface area contributed by atoms with E-state index in [0.29, 0.717) is 12.0 Å². The third-order valence-corrected chi connectivity index (χ3v) is 2.72. The van der Waals surface area contributed by atoms with Crippen molar-refractivity contribution in [1.82, 2.24) is 4.98 Å². The van der Waals surface area contributed by atoms with Crippen molar-refractivity contribution in [3.8, 4) is 5.75 Å². The van der Waals surface area contributed by atoms with Crippen molar-refractivity contribution < 1.29 is 4.74 Å².